The van der Waals surface area contributed by atoms with Gasteiger partial charge in [0.1, 0.15) is 18.0 Å². The number of phosphoric ester groups is 1. The molecule has 2 heterocycles. The van der Waals surface area contributed by atoms with E-state index in [2.05, 4.69) is 11.4 Å². The number of ether oxygens (including phenoxy) is 4. The minimum Gasteiger partial charge on any atom is -0.497 e. The Morgan fingerprint density at radius 1 is 0.902 bits per heavy atom. The van der Waals surface area contributed by atoms with Crippen molar-refractivity contribution in [2.24, 2.45) is 11.3 Å². The third kappa shape index (κ3) is 13.2. The van der Waals surface area contributed by atoms with Crippen LogP contribution in [0.25, 0.3) is 0 Å². The summed E-state index contributed by atoms with van der Waals surface area (Å²) in [7, 11) is -7.48. The van der Waals surface area contributed by atoms with Gasteiger partial charge in [0.15, 0.2) is 6.29 Å². The maximum atomic E-state index is 15.2. The molecule has 0 aliphatic carbocycles. The number of phosphoric acid groups is 1. The third-order valence-electron chi connectivity index (χ3n) is 10.6. The average molecular weight is 876 g/mol. The molecule has 4 aromatic carbocycles. The van der Waals surface area contributed by atoms with E-state index < -0.39 is 60.4 Å². The molecule has 0 radical (unpaired) electrons. The molecular formula is C45H54N3O11PS. The molecule has 6 rings (SSSR count). The number of rotatable bonds is 22. The van der Waals surface area contributed by atoms with Gasteiger partial charge in [0.2, 0.25) is 10.0 Å². The van der Waals surface area contributed by atoms with Gasteiger partial charge in [0.25, 0.3) is 0 Å². The molecule has 4 unspecified atom stereocenters. The summed E-state index contributed by atoms with van der Waals surface area (Å²) in [4.78, 5) is 14.0. The number of hydrogen-bond acceptors (Lipinski definition) is 12. The zero-order valence-corrected chi connectivity index (χ0v) is 36.4. The highest BCUT2D eigenvalue weighted by molar-refractivity contribution is 7.89. The van der Waals surface area contributed by atoms with Crippen LogP contribution in [-0.2, 0) is 62.0 Å². The van der Waals surface area contributed by atoms with Gasteiger partial charge in [0, 0.05) is 19.5 Å². The summed E-state index contributed by atoms with van der Waals surface area (Å²) in [5, 5.41) is 12.5. The SMILES string of the molecule is COc1ccc(S(=O)(=O)N(CC(OP(=O)(OCc2ccccc2)OCc2ccccc2)[C@H](Cc2ccccc2)NC(=O)OC2COC3OCCC23)CC(C)(C)CCC#N)cc1. The Labute approximate surface area is 358 Å². The number of methoxy groups -OCH3 is 1. The predicted molar refractivity (Wildman–Crippen MR) is 226 cm³/mol. The Bertz CT molecular complexity index is 2150. The highest BCUT2D eigenvalue weighted by atomic mass is 32.2. The minimum atomic E-state index is -4.62. The number of nitrogens with one attached hydrogen (secondary N) is 1. The molecule has 2 saturated heterocycles. The number of hydrogen-bond donors (Lipinski definition) is 1. The fraction of sp³-hybridized carbons (Fsp3) is 0.422. The number of sulfonamides is 1. The zero-order chi connectivity index (χ0) is 43.3. The van der Waals surface area contributed by atoms with Gasteiger partial charge in [-0.25, -0.2) is 17.8 Å². The van der Waals surface area contributed by atoms with Gasteiger partial charge in [-0.1, -0.05) is 105 Å². The van der Waals surface area contributed by atoms with Crippen molar-refractivity contribution < 1.29 is 50.3 Å². The van der Waals surface area contributed by atoms with E-state index in [1.165, 1.54) is 23.5 Å². The van der Waals surface area contributed by atoms with Crippen LogP contribution in [0.1, 0.15) is 49.8 Å². The number of benzene rings is 4. The first-order chi connectivity index (χ1) is 29.4. The molecular weight excluding hydrogens is 822 g/mol. The minimum absolute atomic E-state index is 0.0338. The number of carbonyl (C=O) groups is 1. The van der Waals surface area contributed by atoms with E-state index in [1.807, 2.05) is 80.6 Å². The van der Waals surface area contributed by atoms with Crippen molar-refractivity contribution in [3.05, 3.63) is 132 Å². The Kier molecular flexibility index (Phi) is 16.1. The highest BCUT2D eigenvalue weighted by Crippen LogP contribution is 2.53. The number of fused-ring (bicyclic) bond motifs is 1. The van der Waals surface area contributed by atoms with Crippen molar-refractivity contribution in [1.82, 2.24) is 9.62 Å². The number of nitriles is 1. The predicted octanol–water partition coefficient (Wildman–Crippen LogP) is 8.04. The van der Waals surface area contributed by atoms with Crippen molar-refractivity contribution in [1.29, 1.82) is 5.26 Å². The summed E-state index contributed by atoms with van der Waals surface area (Å²) in [5.74, 6) is 0.311. The Morgan fingerprint density at radius 2 is 1.49 bits per heavy atom. The molecule has 14 nitrogen and oxygen atoms in total. The second kappa shape index (κ2) is 21.4. The summed E-state index contributed by atoms with van der Waals surface area (Å²) in [6, 6.07) is 34.5. The van der Waals surface area contributed by atoms with Crippen LogP contribution in [0.3, 0.4) is 0 Å². The van der Waals surface area contributed by atoms with Gasteiger partial charge >= 0.3 is 13.9 Å². The summed E-state index contributed by atoms with van der Waals surface area (Å²) < 4.78 is 87.4. The van der Waals surface area contributed by atoms with Crippen molar-refractivity contribution in [2.45, 2.75) is 82.2 Å². The van der Waals surface area contributed by atoms with Crippen LogP contribution in [0.4, 0.5) is 4.79 Å². The van der Waals surface area contributed by atoms with Crippen LogP contribution < -0.4 is 10.1 Å². The van der Waals surface area contributed by atoms with Crippen LogP contribution in [0, 0.1) is 22.7 Å². The fourth-order valence-electron chi connectivity index (χ4n) is 7.26. The molecule has 1 amide bonds. The van der Waals surface area contributed by atoms with Crippen LogP contribution >= 0.6 is 7.82 Å². The quantitative estimate of drug-likeness (QED) is 0.0755. The average Bonchev–Trinajstić information content (AvgIpc) is 3.90. The third-order valence-corrected chi connectivity index (χ3v) is 13.9. The van der Waals surface area contributed by atoms with Crippen LogP contribution in [-0.4, -0.2) is 76.8 Å². The van der Waals surface area contributed by atoms with E-state index in [-0.39, 0.29) is 50.0 Å². The number of carbonyl (C=O) groups excluding carboxylic acids is 1. The first kappa shape index (κ1) is 45.9. The molecule has 0 bridgehead atoms. The Balaban J connectivity index is 1.42. The van der Waals surface area contributed by atoms with Gasteiger partial charge in [-0.05, 0) is 65.6 Å². The van der Waals surface area contributed by atoms with Crippen molar-refractivity contribution in [2.75, 3.05) is 33.4 Å². The molecule has 0 aromatic heterocycles. The van der Waals surface area contributed by atoms with Gasteiger partial charge in [-0.2, -0.15) is 9.57 Å². The second-order valence-corrected chi connectivity index (χ2v) is 19.4. The topological polar surface area (TPSA) is 172 Å². The van der Waals surface area contributed by atoms with Crippen molar-refractivity contribution >= 4 is 23.9 Å². The largest absolute Gasteiger partial charge is 0.497 e. The summed E-state index contributed by atoms with van der Waals surface area (Å²) in [5.41, 5.74) is 1.41. The highest BCUT2D eigenvalue weighted by Gasteiger charge is 2.45. The fourth-order valence-corrected chi connectivity index (χ4v) is 10.3. The molecule has 2 fully saturated rings. The molecule has 4 aromatic rings. The number of alkyl carbamates (subject to hydrolysis) is 1. The molecule has 61 heavy (non-hydrogen) atoms. The van der Waals surface area contributed by atoms with Crippen LogP contribution in [0.2, 0.25) is 0 Å². The van der Waals surface area contributed by atoms with E-state index in [0.29, 0.717) is 36.3 Å². The number of nitrogens with zero attached hydrogens (tertiary/aromatic N) is 2. The lowest BCUT2D eigenvalue weighted by atomic mass is 9.88. The first-order valence-corrected chi connectivity index (χ1v) is 23.2. The van der Waals surface area contributed by atoms with Gasteiger partial charge in [-0.15, -0.1) is 0 Å². The van der Waals surface area contributed by atoms with E-state index in [0.717, 1.165) is 5.56 Å². The van der Waals surface area contributed by atoms with E-state index >= 15 is 4.57 Å². The molecule has 5 atom stereocenters. The molecule has 1 N–H and O–H groups in total. The van der Waals surface area contributed by atoms with E-state index in [1.54, 1.807) is 36.4 Å². The molecule has 0 spiro atoms. The maximum absolute atomic E-state index is 15.2. The summed E-state index contributed by atoms with van der Waals surface area (Å²) >= 11 is 0. The Morgan fingerprint density at radius 3 is 2.07 bits per heavy atom. The van der Waals surface area contributed by atoms with Gasteiger partial charge < -0.3 is 24.3 Å². The molecule has 0 saturated carbocycles. The van der Waals surface area contributed by atoms with Crippen LogP contribution in [0.5, 0.6) is 5.75 Å². The zero-order valence-electron chi connectivity index (χ0n) is 34.7. The van der Waals surface area contributed by atoms with E-state index in [9.17, 15) is 18.5 Å². The van der Waals surface area contributed by atoms with E-state index in [4.69, 9.17) is 32.5 Å². The normalized spacial score (nSPS) is 18.8. The first-order valence-electron chi connectivity index (χ1n) is 20.3. The maximum Gasteiger partial charge on any atom is 0.475 e. The lowest BCUT2D eigenvalue weighted by molar-refractivity contribution is -0.0907. The van der Waals surface area contributed by atoms with Crippen molar-refractivity contribution in [3.8, 4) is 11.8 Å². The lowest BCUT2D eigenvalue weighted by Gasteiger charge is -2.37. The smallest absolute Gasteiger partial charge is 0.475 e. The molecule has 326 valence electrons. The monoisotopic (exact) mass is 875 g/mol. The van der Waals surface area contributed by atoms with Crippen LogP contribution in [0.15, 0.2) is 120 Å². The van der Waals surface area contributed by atoms with Gasteiger partial charge in [-0.3, -0.25) is 13.6 Å². The molecule has 2 aliphatic heterocycles. The Hall–Kier alpha value is -4.62. The summed E-state index contributed by atoms with van der Waals surface area (Å²) in [6.45, 7) is 3.53. The summed E-state index contributed by atoms with van der Waals surface area (Å²) in [6.07, 6.45) is -1.94. The van der Waals surface area contributed by atoms with Crippen molar-refractivity contribution in [3.63, 3.8) is 0 Å². The molecule has 16 heteroatoms. The standard InChI is InChI=1S/C45H54N3O11PS/c1-45(2,25-13-26-46)33-48(61(51,52)38-22-20-37(53-3)21-23-38)29-41(59-60(50,56-30-35-16-9-5-10-17-35)57-31-36-18-11-6-12-19-36)40(28-34-14-7-4-8-15-34)47-44(49)58-42-32-55-43-39(42)24-27-54-43/h4-12,14-23,39-43H,13,24-25,27-33H2,1-3H3,(H,47,49)/t39?,40-,41?,42?,43?/m0/s1. The lowest BCUT2D eigenvalue weighted by Crippen LogP contribution is -2.53. The molecule has 2 aliphatic rings. The number of amides is 1. The second-order valence-electron chi connectivity index (χ2n) is 15.8. The van der Waals surface area contributed by atoms with Gasteiger partial charge in [0.05, 0.1) is 56.5 Å².